The third-order valence-corrected chi connectivity index (χ3v) is 3.46. The first-order chi connectivity index (χ1) is 8.20. The third-order valence-electron chi connectivity index (χ3n) is 2.78. The number of hydrogen-bond acceptors (Lipinski definition) is 4. The van der Waals surface area contributed by atoms with Crippen LogP contribution in [0.4, 0.5) is 5.13 Å². The molecular formula is C13H17N3S. The van der Waals surface area contributed by atoms with Crippen molar-refractivity contribution in [3.05, 3.63) is 41.2 Å². The van der Waals surface area contributed by atoms with Crippen molar-refractivity contribution in [2.75, 3.05) is 5.32 Å². The van der Waals surface area contributed by atoms with E-state index in [1.165, 1.54) is 22.7 Å². The first-order valence-corrected chi connectivity index (χ1v) is 6.62. The molecule has 0 spiro atoms. The van der Waals surface area contributed by atoms with E-state index in [9.17, 15) is 0 Å². The van der Waals surface area contributed by atoms with Crippen molar-refractivity contribution >= 4 is 16.7 Å². The number of aromatic nitrogens is 2. The van der Waals surface area contributed by atoms with Crippen molar-refractivity contribution in [3.63, 3.8) is 0 Å². The summed E-state index contributed by atoms with van der Waals surface area (Å²) in [6.45, 7) is 6.34. The first-order valence-electron chi connectivity index (χ1n) is 5.85. The predicted octanol–water partition coefficient (Wildman–Crippen LogP) is 3.58. The number of hydrogen-bond donors (Lipinski definition) is 1. The van der Waals surface area contributed by atoms with E-state index >= 15 is 0 Å². The highest BCUT2D eigenvalue weighted by Gasteiger charge is 2.10. The number of rotatable bonds is 4. The summed E-state index contributed by atoms with van der Waals surface area (Å²) in [5.41, 5.74) is 2.61. The van der Waals surface area contributed by atoms with Gasteiger partial charge in [-0.05, 0) is 25.0 Å². The number of anilines is 1. The van der Waals surface area contributed by atoms with E-state index in [4.69, 9.17) is 0 Å². The van der Waals surface area contributed by atoms with Gasteiger partial charge in [0.25, 0.3) is 0 Å². The van der Waals surface area contributed by atoms with Gasteiger partial charge in [0.2, 0.25) is 5.13 Å². The highest BCUT2D eigenvalue weighted by atomic mass is 32.1. The Balaban J connectivity index is 2.11. The molecule has 0 aliphatic heterocycles. The zero-order valence-corrected chi connectivity index (χ0v) is 11.2. The molecule has 2 aromatic rings. The van der Waals surface area contributed by atoms with Gasteiger partial charge in [-0.1, -0.05) is 31.2 Å². The van der Waals surface area contributed by atoms with Crippen molar-refractivity contribution < 1.29 is 0 Å². The number of nitrogens with zero attached hydrogens (tertiary/aromatic N) is 2. The van der Waals surface area contributed by atoms with Crippen molar-refractivity contribution in [1.82, 2.24) is 9.36 Å². The molecule has 0 saturated heterocycles. The summed E-state index contributed by atoms with van der Waals surface area (Å²) in [7, 11) is 0. The average Bonchev–Trinajstić information content (AvgIpc) is 2.77. The Labute approximate surface area is 106 Å². The monoisotopic (exact) mass is 247 g/mol. The second-order valence-corrected chi connectivity index (χ2v) is 4.84. The molecule has 1 aromatic carbocycles. The average molecular weight is 247 g/mol. The van der Waals surface area contributed by atoms with Crippen LogP contribution in [0.5, 0.6) is 0 Å². The minimum atomic E-state index is 0.258. The molecule has 1 N–H and O–H groups in total. The Hall–Kier alpha value is -1.42. The van der Waals surface area contributed by atoms with Gasteiger partial charge in [0.1, 0.15) is 5.82 Å². The second kappa shape index (κ2) is 5.27. The Kier molecular flexibility index (Phi) is 3.74. The minimum Gasteiger partial charge on any atom is -0.354 e. The van der Waals surface area contributed by atoms with Crippen LogP contribution in [0.1, 0.15) is 36.8 Å². The van der Waals surface area contributed by atoms with E-state index in [0.29, 0.717) is 0 Å². The fourth-order valence-electron chi connectivity index (χ4n) is 1.79. The lowest BCUT2D eigenvalue weighted by atomic mass is 10.0. The lowest BCUT2D eigenvalue weighted by molar-refractivity contribution is 0.867. The van der Waals surface area contributed by atoms with E-state index in [1.54, 1.807) is 0 Å². The molecule has 0 aliphatic rings. The molecule has 0 saturated carbocycles. The van der Waals surface area contributed by atoms with E-state index in [2.05, 4.69) is 59.7 Å². The maximum absolute atomic E-state index is 4.42. The van der Waals surface area contributed by atoms with Crippen LogP contribution in [0, 0.1) is 6.92 Å². The summed E-state index contributed by atoms with van der Waals surface area (Å²) in [5.74, 6) is 0.912. The SMILES string of the molecule is CCc1nsc(NC(C)c2ccccc2C)n1. The normalized spacial score (nSPS) is 12.4. The largest absolute Gasteiger partial charge is 0.354 e. The maximum Gasteiger partial charge on any atom is 0.203 e. The highest BCUT2D eigenvalue weighted by molar-refractivity contribution is 7.09. The van der Waals surface area contributed by atoms with Gasteiger partial charge in [0.15, 0.2) is 0 Å². The van der Waals surface area contributed by atoms with E-state index in [0.717, 1.165) is 17.4 Å². The van der Waals surface area contributed by atoms with E-state index in [-0.39, 0.29) is 6.04 Å². The molecule has 3 nitrogen and oxygen atoms in total. The molecule has 1 heterocycles. The Morgan fingerprint density at radius 2 is 2.12 bits per heavy atom. The number of benzene rings is 1. The molecular weight excluding hydrogens is 230 g/mol. The third kappa shape index (κ3) is 2.82. The molecule has 1 unspecified atom stereocenters. The topological polar surface area (TPSA) is 37.8 Å². The molecule has 0 amide bonds. The molecule has 0 fully saturated rings. The van der Waals surface area contributed by atoms with E-state index < -0.39 is 0 Å². The molecule has 0 bridgehead atoms. The summed E-state index contributed by atoms with van der Waals surface area (Å²) >= 11 is 1.43. The summed E-state index contributed by atoms with van der Waals surface area (Å²) in [6, 6.07) is 8.66. The quantitative estimate of drug-likeness (QED) is 0.897. The zero-order valence-electron chi connectivity index (χ0n) is 10.4. The van der Waals surface area contributed by atoms with Gasteiger partial charge >= 0.3 is 0 Å². The van der Waals surface area contributed by atoms with Gasteiger partial charge in [-0.25, -0.2) is 4.98 Å². The van der Waals surface area contributed by atoms with Gasteiger partial charge in [-0.3, -0.25) is 0 Å². The Morgan fingerprint density at radius 1 is 1.35 bits per heavy atom. The highest BCUT2D eigenvalue weighted by Crippen LogP contribution is 2.22. The summed E-state index contributed by atoms with van der Waals surface area (Å²) < 4.78 is 4.27. The van der Waals surface area contributed by atoms with Crippen LogP contribution in [0.25, 0.3) is 0 Å². The smallest absolute Gasteiger partial charge is 0.203 e. The van der Waals surface area contributed by atoms with Crippen molar-refractivity contribution in [1.29, 1.82) is 0 Å². The molecule has 17 heavy (non-hydrogen) atoms. The van der Waals surface area contributed by atoms with Crippen LogP contribution in [-0.4, -0.2) is 9.36 Å². The molecule has 2 rings (SSSR count). The molecule has 1 atom stereocenters. The number of aryl methyl sites for hydroxylation is 2. The second-order valence-electron chi connectivity index (χ2n) is 4.09. The summed E-state index contributed by atoms with van der Waals surface area (Å²) in [6.07, 6.45) is 0.886. The maximum atomic E-state index is 4.42. The van der Waals surface area contributed by atoms with Crippen LogP contribution >= 0.6 is 11.5 Å². The van der Waals surface area contributed by atoms with Crippen LogP contribution in [0.2, 0.25) is 0 Å². The van der Waals surface area contributed by atoms with Gasteiger partial charge in [-0.2, -0.15) is 4.37 Å². The van der Waals surface area contributed by atoms with Crippen molar-refractivity contribution in [2.45, 2.75) is 33.2 Å². The molecule has 0 radical (unpaired) electrons. The lowest BCUT2D eigenvalue weighted by Crippen LogP contribution is -2.07. The molecule has 90 valence electrons. The van der Waals surface area contributed by atoms with Gasteiger partial charge in [0.05, 0.1) is 6.04 Å². The van der Waals surface area contributed by atoms with Gasteiger partial charge < -0.3 is 5.32 Å². The van der Waals surface area contributed by atoms with Gasteiger partial charge in [-0.15, -0.1) is 0 Å². The Morgan fingerprint density at radius 3 is 2.76 bits per heavy atom. The first kappa shape index (κ1) is 12.0. The predicted molar refractivity (Wildman–Crippen MR) is 72.5 cm³/mol. The van der Waals surface area contributed by atoms with Crippen LogP contribution in [-0.2, 0) is 6.42 Å². The number of nitrogens with one attached hydrogen (secondary N) is 1. The van der Waals surface area contributed by atoms with Crippen LogP contribution in [0.3, 0.4) is 0 Å². The summed E-state index contributed by atoms with van der Waals surface area (Å²) in [4.78, 5) is 4.42. The zero-order chi connectivity index (χ0) is 12.3. The minimum absolute atomic E-state index is 0.258. The van der Waals surface area contributed by atoms with Gasteiger partial charge in [0, 0.05) is 18.0 Å². The fraction of sp³-hybridized carbons (Fsp3) is 0.385. The van der Waals surface area contributed by atoms with Crippen molar-refractivity contribution in [2.24, 2.45) is 0 Å². The Bertz CT molecular complexity index is 493. The van der Waals surface area contributed by atoms with Crippen LogP contribution < -0.4 is 5.32 Å². The summed E-state index contributed by atoms with van der Waals surface area (Å²) in [5, 5.41) is 4.30. The lowest BCUT2D eigenvalue weighted by Gasteiger charge is -2.15. The van der Waals surface area contributed by atoms with E-state index in [1.807, 2.05) is 0 Å². The van der Waals surface area contributed by atoms with Crippen molar-refractivity contribution in [3.8, 4) is 0 Å². The fourth-order valence-corrected chi connectivity index (χ4v) is 2.53. The molecule has 1 aromatic heterocycles. The standard InChI is InChI=1S/C13H17N3S/c1-4-12-15-13(17-16-12)14-10(3)11-8-6-5-7-9(11)2/h5-8,10H,4H2,1-3H3,(H,14,15,16). The van der Waals surface area contributed by atoms with Crippen LogP contribution in [0.15, 0.2) is 24.3 Å². The molecule has 0 aliphatic carbocycles. The molecule has 4 heteroatoms.